The minimum absolute atomic E-state index is 0.0137. The first-order chi connectivity index (χ1) is 12.2. The maximum atomic E-state index is 12.6. The Bertz CT molecular complexity index is 686. The fourth-order valence-electron chi connectivity index (χ4n) is 2.92. The van der Waals surface area contributed by atoms with E-state index in [4.69, 9.17) is 11.6 Å². The number of urea groups is 1. The van der Waals surface area contributed by atoms with Crippen molar-refractivity contribution < 1.29 is 4.79 Å². The van der Waals surface area contributed by atoms with Gasteiger partial charge in [0.05, 0.1) is 6.04 Å². The fourth-order valence-corrected chi connectivity index (χ4v) is 3.05. The second kappa shape index (κ2) is 8.16. The fraction of sp³-hybridized carbons (Fsp3) is 0.389. The summed E-state index contributed by atoms with van der Waals surface area (Å²) in [7, 11) is 0. The minimum Gasteiger partial charge on any atom is -0.337 e. The lowest BCUT2D eigenvalue weighted by Gasteiger charge is -2.35. The highest BCUT2D eigenvalue weighted by atomic mass is 35.5. The van der Waals surface area contributed by atoms with Gasteiger partial charge in [-0.3, -0.25) is 0 Å². The Morgan fingerprint density at radius 2 is 1.80 bits per heavy atom. The van der Waals surface area contributed by atoms with Gasteiger partial charge >= 0.3 is 6.03 Å². The first-order valence-electron chi connectivity index (χ1n) is 8.50. The molecule has 1 aliphatic heterocycles. The third kappa shape index (κ3) is 4.39. The van der Waals surface area contributed by atoms with Gasteiger partial charge in [-0.1, -0.05) is 30.7 Å². The molecule has 25 heavy (non-hydrogen) atoms. The standard InChI is InChI=1S/C18H22ClN5O/c1-2-16(14-4-6-15(19)7-5-14)22-18(25)24-12-10-23(11-13-24)17-20-8-3-9-21-17/h3-9,16H,2,10-13H2,1H3,(H,22,25). The number of piperazine rings is 1. The minimum atomic E-state index is -0.0320. The Morgan fingerprint density at radius 3 is 2.40 bits per heavy atom. The highest BCUT2D eigenvalue weighted by Gasteiger charge is 2.24. The van der Waals surface area contributed by atoms with Gasteiger partial charge in [0, 0.05) is 43.6 Å². The van der Waals surface area contributed by atoms with Crippen molar-refractivity contribution in [2.45, 2.75) is 19.4 Å². The van der Waals surface area contributed by atoms with Gasteiger partial charge < -0.3 is 15.1 Å². The summed E-state index contributed by atoms with van der Waals surface area (Å²) in [5.41, 5.74) is 1.07. The van der Waals surface area contributed by atoms with Crippen LogP contribution in [0.2, 0.25) is 5.02 Å². The summed E-state index contributed by atoms with van der Waals surface area (Å²) in [6.45, 7) is 4.83. The van der Waals surface area contributed by atoms with Crippen molar-refractivity contribution in [2.75, 3.05) is 31.1 Å². The van der Waals surface area contributed by atoms with Crippen LogP contribution in [0.5, 0.6) is 0 Å². The highest BCUT2D eigenvalue weighted by Crippen LogP contribution is 2.20. The van der Waals surface area contributed by atoms with Crippen LogP contribution in [0.25, 0.3) is 0 Å². The first-order valence-corrected chi connectivity index (χ1v) is 8.88. The molecule has 1 aliphatic rings. The predicted octanol–water partition coefficient (Wildman–Crippen LogP) is 3.11. The number of anilines is 1. The van der Waals surface area contributed by atoms with Crippen molar-refractivity contribution in [2.24, 2.45) is 0 Å². The van der Waals surface area contributed by atoms with Crippen LogP contribution in [-0.2, 0) is 0 Å². The quantitative estimate of drug-likeness (QED) is 0.911. The lowest BCUT2D eigenvalue weighted by molar-refractivity contribution is 0.189. The molecule has 1 aromatic carbocycles. The molecular weight excluding hydrogens is 338 g/mol. The van der Waals surface area contributed by atoms with Crippen LogP contribution in [0.3, 0.4) is 0 Å². The van der Waals surface area contributed by atoms with E-state index >= 15 is 0 Å². The van der Waals surface area contributed by atoms with E-state index in [1.165, 1.54) is 0 Å². The van der Waals surface area contributed by atoms with Gasteiger partial charge in [-0.25, -0.2) is 14.8 Å². The van der Waals surface area contributed by atoms with E-state index in [2.05, 4.69) is 27.1 Å². The van der Waals surface area contributed by atoms with Crippen LogP contribution >= 0.6 is 11.6 Å². The molecular formula is C18H22ClN5O. The number of aromatic nitrogens is 2. The number of nitrogens with zero attached hydrogens (tertiary/aromatic N) is 4. The third-order valence-corrected chi connectivity index (χ3v) is 4.63. The summed E-state index contributed by atoms with van der Waals surface area (Å²) in [6.07, 6.45) is 4.30. The Balaban J connectivity index is 1.56. The molecule has 3 rings (SSSR count). The zero-order valence-corrected chi connectivity index (χ0v) is 15.0. The number of benzene rings is 1. The molecule has 1 atom stereocenters. The molecule has 0 radical (unpaired) electrons. The molecule has 0 spiro atoms. The number of carbonyl (C=O) groups is 1. The molecule has 1 N–H and O–H groups in total. The summed E-state index contributed by atoms with van der Waals surface area (Å²) < 4.78 is 0. The van der Waals surface area contributed by atoms with Gasteiger partial charge in [0.2, 0.25) is 5.95 Å². The van der Waals surface area contributed by atoms with Crippen molar-refractivity contribution in [1.29, 1.82) is 0 Å². The molecule has 1 saturated heterocycles. The van der Waals surface area contributed by atoms with Gasteiger partial charge in [0.15, 0.2) is 0 Å². The van der Waals surface area contributed by atoms with Gasteiger partial charge in [-0.2, -0.15) is 0 Å². The summed E-state index contributed by atoms with van der Waals surface area (Å²) in [5, 5.41) is 3.82. The zero-order chi connectivity index (χ0) is 17.6. The Labute approximate surface area is 152 Å². The Morgan fingerprint density at radius 1 is 1.16 bits per heavy atom. The molecule has 1 unspecified atom stereocenters. The SMILES string of the molecule is CCC(NC(=O)N1CCN(c2ncccn2)CC1)c1ccc(Cl)cc1. The first kappa shape index (κ1) is 17.5. The largest absolute Gasteiger partial charge is 0.337 e. The van der Waals surface area contributed by atoms with E-state index in [9.17, 15) is 4.79 Å². The highest BCUT2D eigenvalue weighted by molar-refractivity contribution is 6.30. The predicted molar refractivity (Wildman–Crippen MR) is 98.8 cm³/mol. The van der Waals surface area contributed by atoms with Crippen molar-refractivity contribution in [1.82, 2.24) is 20.2 Å². The van der Waals surface area contributed by atoms with Gasteiger partial charge in [0.25, 0.3) is 0 Å². The number of hydrogen-bond donors (Lipinski definition) is 1. The number of halogens is 1. The van der Waals surface area contributed by atoms with E-state index in [1.54, 1.807) is 18.5 Å². The van der Waals surface area contributed by atoms with Crippen molar-refractivity contribution in [3.05, 3.63) is 53.3 Å². The average molecular weight is 360 g/mol. The van der Waals surface area contributed by atoms with E-state index in [0.29, 0.717) is 18.1 Å². The molecule has 0 bridgehead atoms. The van der Waals surface area contributed by atoms with Crippen molar-refractivity contribution >= 4 is 23.6 Å². The number of hydrogen-bond acceptors (Lipinski definition) is 4. The maximum absolute atomic E-state index is 12.6. The molecule has 0 saturated carbocycles. The van der Waals surface area contributed by atoms with Gasteiger partial charge in [-0.15, -0.1) is 0 Å². The normalized spacial score (nSPS) is 15.8. The number of carbonyl (C=O) groups excluding carboxylic acids is 1. The third-order valence-electron chi connectivity index (χ3n) is 4.38. The lowest BCUT2D eigenvalue weighted by atomic mass is 10.1. The summed E-state index contributed by atoms with van der Waals surface area (Å²) in [4.78, 5) is 25.1. The Kier molecular flexibility index (Phi) is 5.71. The van der Waals surface area contributed by atoms with Gasteiger partial charge in [-0.05, 0) is 30.2 Å². The van der Waals surface area contributed by atoms with Crippen LogP contribution in [0.1, 0.15) is 24.9 Å². The molecule has 1 fully saturated rings. The van der Waals surface area contributed by atoms with Crippen LogP contribution in [0, 0.1) is 0 Å². The van der Waals surface area contributed by atoms with E-state index in [-0.39, 0.29) is 12.1 Å². The van der Waals surface area contributed by atoms with Crippen molar-refractivity contribution in [3.63, 3.8) is 0 Å². The molecule has 2 heterocycles. The Hall–Kier alpha value is -2.34. The van der Waals surface area contributed by atoms with E-state index in [0.717, 1.165) is 31.0 Å². The van der Waals surface area contributed by atoms with Crippen LogP contribution < -0.4 is 10.2 Å². The van der Waals surface area contributed by atoms with Crippen LogP contribution in [0.15, 0.2) is 42.7 Å². The molecule has 1 aromatic heterocycles. The summed E-state index contributed by atoms with van der Waals surface area (Å²) in [5.74, 6) is 0.718. The zero-order valence-electron chi connectivity index (χ0n) is 14.2. The van der Waals surface area contributed by atoms with Crippen LogP contribution in [-0.4, -0.2) is 47.1 Å². The average Bonchev–Trinajstić information content (AvgIpc) is 2.67. The molecule has 2 amide bonds. The van der Waals surface area contributed by atoms with E-state index < -0.39 is 0 Å². The number of nitrogens with one attached hydrogen (secondary N) is 1. The second-order valence-corrected chi connectivity index (χ2v) is 6.42. The smallest absolute Gasteiger partial charge is 0.318 e. The van der Waals surface area contributed by atoms with Crippen molar-refractivity contribution in [3.8, 4) is 0 Å². The monoisotopic (exact) mass is 359 g/mol. The number of amides is 2. The number of rotatable bonds is 4. The second-order valence-electron chi connectivity index (χ2n) is 5.98. The molecule has 7 heteroatoms. The molecule has 132 valence electrons. The van der Waals surface area contributed by atoms with Crippen LogP contribution in [0.4, 0.5) is 10.7 Å². The summed E-state index contributed by atoms with van der Waals surface area (Å²) in [6, 6.07) is 9.38. The molecule has 2 aromatic rings. The molecule has 0 aliphatic carbocycles. The lowest BCUT2D eigenvalue weighted by Crippen LogP contribution is -2.52. The topological polar surface area (TPSA) is 61.4 Å². The van der Waals surface area contributed by atoms with Gasteiger partial charge in [0.1, 0.15) is 0 Å². The summed E-state index contributed by atoms with van der Waals surface area (Å²) >= 11 is 5.94. The van der Waals surface area contributed by atoms with E-state index in [1.807, 2.05) is 29.2 Å². The maximum Gasteiger partial charge on any atom is 0.318 e. The molecule has 6 nitrogen and oxygen atoms in total.